The van der Waals surface area contributed by atoms with Crippen molar-refractivity contribution in [3.63, 3.8) is 0 Å². The number of nitrogens with zero attached hydrogens (tertiary/aromatic N) is 2. The Bertz CT molecular complexity index is 1390. The smallest absolute Gasteiger partial charge is 0.266 e. The zero-order valence-electron chi connectivity index (χ0n) is 17.5. The lowest BCUT2D eigenvalue weighted by atomic mass is 9.90. The van der Waals surface area contributed by atoms with Crippen LogP contribution in [0.5, 0.6) is 0 Å². The Morgan fingerprint density at radius 1 is 0.727 bits per heavy atom. The molecule has 2 aliphatic rings. The minimum absolute atomic E-state index is 0.287. The lowest BCUT2D eigenvalue weighted by Gasteiger charge is -2.29. The van der Waals surface area contributed by atoms with E-state index in [-0.39, 0.29) is 11.8 Å². The second-order valence-corrected chi connectivity index (χ2v) is 8.60. The van der Waals surface area contributed by atoms with Gasteiger partial charge in [0.05, 0.1) is 17.4 Å². The molecule has 2 aliphatic heterocycles. The summed E-state index contributed by atoms with van der Waals surface area (Å²) in [6.45, 7) is 0. The van der Waals surface area contributed by atoms with E-state index >= 15 is 0 Å². The number of hydroxylamine groups is 1. The highest BCUT2D eigenvalue weighted by Gasteiger charge is 2.60. The van der Waals surface area contributed by atoms with Gasteiger partial charge < -0.3 is 0 Å². The summed E-state index contributed by atoms with van der Waals surface area (Å²) in [6.07, 6.45) is -0.932. The van der Waals surface area contributed by atoms with Gasteiger partial charge in [-0.05, 0) is 35.2 Å². The van der Waals surface area contributed by atoms with Gasteiger partial charge in [-0.2, -0.15) is 0 Å². The molecule has 3 atom stereocenters. The highest BCUT2D eigenvalue weighted by atomic mass is 35.5. The zero-order chi connectivity index (χ0) is 22.5. The van der Waals surface area contributed by atoms with Crippen molar-refractivity contribution in [1.82, 2.24) is 0 Å². The van der Waals surface area contributed by atoms with Crippen molar-refractivity contribution >= 4 is 45.6 Å². The van der Waals surface area contributed by atoms with Crippen LogP contribution in [0.3, 0.4) is 0 Å². The van der Waals surface area contributed by atoms with Crippen LogP contribution < -0.4 is 9.96 Å². The number of fused-ring (bicyclic) bond motifs is 2. The third-order valence-corrected chi connectivity index (χ3v) is 6.70. The first kappa shape index (κ1) is 20.0. The highest BCUT2D eigenvalue weighted by molar-refractivity contribution is 6.31. The summed E-state index contributed by atoms with van der Waals surface area (Å²) in [5.41, 5.74) is 2.08. The van der Waals surface area contributed by atoms with Gasteiger partial charge in [0.2, 0.25) is 5.91 Å². The predicted molar refractivity (Wildman–Crippen MR) is 128 cm³/mol. The number of imide groups is 1. The van der Waals surface area contributed by atoms with E-state index in [1.54, 1.807) is 17.2 Å². The molecular weight excluding hydrogens is 436 g/mol. The topological polar surface area (TPSA) is 49.9 Å². The van der Waals surface area contributed by atoms with Gasteiger partial charge in [0.1, 0.15) is 5.92 Å². The molecule has 0 bridgehead atoms. The number of carbonyl (C=O) groups excluding carboxylic acids is 2. The van der Waals surface area contributed by atoms with Crippen molar-refractivity contribution in [2.45, 2.75) is 12.1 Å². The third-order valence-electron chi connectivity index (χ3n) is 6.36. The van der Waals surface area contributed by atoms with E-state index in [0.29, 0.717) is 10.7 Å². The molecule has 0 spiro atoms. The second-order valence-electron chi connectivity index (χ2n) is 8.19. The fourth-order valence-electron chi connectivity index (χ4n) is 4.88. The summed E-state index contributed by atoms with van der Waals surface area (Å²) in [5, 5.41) is 3.99. The van der Waals surface area contributed by atoms with Crippen molar-refractivity contribution < 1.29 is 14.4 Å². The van der Waals surface area contributed by atoms with Crippen LogP contribution in [0.2, 0.25) is 5.02 Å². The zero-order valence-corrected chi connectivity index (χ0v) is 18.2. The molecule has 6 heteroatoms. The molecule has 0 aromatic heterocycles. The van der Waals surface area contributed by atoms with Crippen molar-refractivity contribution in [1.29, 1.82) is 0 Å². The average Bonchev–Trinajstić information content (AvgIpc) is 3.35. The Morgan fingerprint density at radius 2 is 1.42 bits per heavy atom. The Morgan fingerprint density at radius 3 is 2.24 bits per heavy atom. The second kappa shape index (κ2) is 7.73. The number of carbonyl (C=O) groups is 2. The van der Waals surface area contributed by atoms with Gasteiger partial charge in [0.15, 0.2) is 6.10 Å². The minimum atomic E-state index is -0.932. The summed E-state index contributed by atoms with van der Waals surface area (Å²) >= 11 is 6.57. The van der Waals surface area contributed by atoms with Crippen LogP contribution in [0.25, 0.3) is 10.8 Å². The molecule has 162 valence electrons. The first-order valence-corrected chi connectivity index (χ1v) is 11.1. The largest absolute Gasteiger partial charge is 0.273 e. The van der Waals surface area contributed by atoms with Crippen molar-refractivity contribution in [3.05, 3.63) is 108 Å². The van der Waals surface area contributed by atoms with E-state index in [1.807, 2.05) is 84.9 Å². The Labute approximate surface area is 195 Å². The van der Waals surface area contributed by atoms with Crippen molar-refractivity contribution in [3.8, 4) is 0 Å². The maximum atomic E-state index is 13.9. The average molecular weight is 455 g/mol. The van der Waals surface area contributed by atoms with Crippen LogP contribution >= 0.6 is 11.6 Å². The van der Waals surface area contributed by atoms with Crippen LogP contribution in [-0.2, 0) is 14.4 Å². The van der Waals surface area contributed by atoms with Crippen LogP contribution in [0, 0.1) is 5.92 Å². The molecular formula is C27H19ClN2O3. The molecule has 5 nitrogen and oxygen atoms in total. The van der Waals surface area contributed by atoms with E-state index in [1.165, 1.54) is 4.90 Å². The van der Waals surface area contributed by atoms with Crippen LogP contribution in [0.4, 0.5) is 11.4 Å². The van der Waals surface area contributed by atoms with E-state index in [0.717, 1.165) is 22.0 Å². The lowest BCUT2D eigenvalue weighted by molar-refractivity contribution is -0.126. The quantitative estimate of drug-likeness (QED) is 0.381. The molecule has 4 aromatic carbocycles. The predicted octanol–water partition coefficient (Wildman–Crippen LogP) is 5.54. The number of benzene rings is 4. The van der Waals surface area contributed by atoms with E-state index in [2.05, 4.69) is 0 Å². The molecule has 2 amide bonds. The van der Waals surface area contributed by atoms with Crippen LogP contribution in [-0.4, -0.2) is 17.9 Å². The monoisotopic (exact) mass is 454 g/mol. The molecule has 0 aliphatic carbocycles. The maximum absolute atomic E-state index is 13.9. The number of amides is 2. The normalized spacial score (nSPS) is 22.3. The first-order valence-electron chi connectivity index (χ1n) is 10.8. The molecule has 2 fully saturated rings. The fourth-order valence-corrected chi connectivity index (χ4v) is 5.13. The van der Waals surface area contributed by atoms with Gasteiger partial charge in [0.25, 0.3) is 5.91 Å². The van der Waals surface area contributed by atoms with E-state index in [4.69, 9.17) is 16.4 Å². The summed E-state index contributed by atoms with van der Waals surface area (Å²) in [5.74, 6) is -1.38. The summed E-state index contributed by atoms with van der Waals surface area (Å²) in [4.78, 5) is 35.0. The summed E-state index contributed by atoms with van der Waals surface area (Å²) in [7, 11) is 0. The van der Waals surface area contributed by atoms with Crippen LogP contribution in [0.15, 0.2) is 97.1 Å². The Hall–Kier alpha value is -3.67. The molecule has 2 saturated heterocycles. The highest BCUT2D eigenvalue weighted by Crippen LogP contribution is 2.49. The minimum Gasteiger partial charge on any atom is -0.273 e. The van der Waals surface area contributed by atoms with Gasteiger partial charge >= 0.3 is 0 Å². The van der Waals surface area contributed by atoms with Gasteiger partial charge in [-0.25, -0.2) is 9.96 Å². The standard InChI is InChI=1S/C27H19ClN2O3/c28-21-15-7-6-14-20(21)24-23-25(33-30(24)18-11-2-1-3-12-18)27(32)29(26(23)31)22-16-8-10-17-9-4-5-13-19(17)22/h1-16,23-25H/t23-,24-,25+/m0/s1. The SMILES string of the molecule is O=C1[C@@H]2[C@@H](ON(c3ccccc3)[C@H]2c2ccccc2Cl)C(=O)N1c1cccc2ccccc12. The van der Waals surface area contributed by atoms with Gasteiger partial charge in [-0.3, -0.25) is 14.4 Å². The number of rotatable bonds is 3. The molecule has 6 rings (SSSR count). The first-order chi connectivity index (χ1) is 16.1. The molecule has 33 heavy (non-hydrogen) atoms. The molecule has 0 unspecified atom stereocenters. The molecule has 0 radical (unpaired) electrons. The van der Waals surface area contributed by atoms with Gasteiger partial charge in [-0.15, -0.1) is 0 Å². The molecule has 4 aromatic rings. The number of hydrogen-bond acceptors (Lipinski definition) is 4. The lowest BCUT2D eigenvalue weighted by Crippen LogP contribution is -2.37. The number of anilines is 2. The Kier molecular flexibility index (Phi) is 4.68. The number of hydrogen-bond donors (Lipinski definition) is 0. The summed E-state index contributed by atoms with van der Waals surface area (Å²) < 4.78 is 0. The third kappa shape index (κ3) is 3.04. The van der Waals surface area contributed by atoms with Gasteiger partial charge in [-0.1, -0.05) is 84.4 Å². The Balaban J connectivity index is 1.48. The fraction of sp³-hybridized carbons (Fsp3) is 0.111. The maximum Gasteiger partial charge on any atom is 0.266 e. The molecule has 0 N–H and O–H groups in total. The number of para-hydroxylation sites is 1. The van der Waals surface area contributed by atoms with E-state index < -0.39 is 18.1 Å². The molecule has 0 saturated carbocycles. The van der Waals surface area contributed by atoms with Crippen molar-refractivity contribution in [2.24, 2.45) is 5.92 Å². The number of halogens is 1. The van der Waals surface area contributed by atoms with Crippen molar-refractivity contribution in [2.75, 3.05) is 9.96 Å². The summed E-state index contributed by atoms with van der Waals surface area (Å²) in [6, 6.07) is 29.7. The van der Waals surface area contributed by atoms with Gasteiger partial charge in [0, 0.05) is 10.4 Å². The van der Waals surface area contributed by atoms with E-state index in [9.17, 15) is 9.59 Å². The molecule has 2 heterocycles. The van der Waals surface area contributed by atoms with Crippen LogP contribution in [0.1, 0.15) is 11.6 Å².